The molecule has 0 bridgehead atoms. The van der Waals surface area contributed by atoms with Crippen LogP contribution in [-0.2, 0) is 21.3 Å². The molecule has 16 nitrogen and oxygen atoms in total. The van der Waals surface area contributed by atoms with E-state index >= 15 is 0 Å². The minimum Gasteiger partial charge on any atom is -0.258 e. The average molecular weight is 659 g/mol. The third-order valence-electron chi connectivity index (χ3n) is 6.13. The lowest BCUT2D eigenvalue weighted by Gasteiger charge is -2.06. The summed E-state index contributed by atoms with van der Waals surface area (Å²) >= 11 is 1.43. The van der Waals surface area contributed by atoms with Crippen molar-refractivity contribution in [3.8, 4) is 11.4 Å². The van der Waals surface area contributed by atoms with Gasteiger partial charge in [-0.2, -0.15) is 9.36 Å². The minimum atomic E-state index is -3.89. The maximum atomic E-state index is 12.6. The Morgan fingerprint density at radius 2 is 1.17 bits per heavy atom. The van der Waals surface area contributed by atoms with Crippen molar-refractivity contribution in [2.75, 3.05) is 0 Å². The van der Waals surface area contributed by atoms with E-state index in [1.54, 1.807) is 47.1 Å². The molecule has 0 saturated heterocycles. The monoisotopic (exact) mass is 658 g/mol. The predicted octanol–water partition coefficient (Wildman–Crippen LogP) is 4.41. The molecule has 0 aliphatic heterocycles. The number of benzene rings is 4. The third kappa shape index (κ3) is 7.79. The van der Waals surface area contributed by atoms with Gasteiger partial charge in [0.25, 0.3) is 16.5 Å². The first-order chi connectivity index (χ1) is 22.2. The summed E-state index contributed by atoms with van der Waals surface area (Å²) in [5.74, 6) is 0.108. The zero-order valence-electron chi connectivity index (χ0n) is 23.5. The van der Waals surface area contributed by atoms with Crippen LogP contribution < -0.4 is 0 Å². The Labute approximate surface area is 264 Å². The van der Waals surface area contributed by atoms with Crippen LogP contribution in [0.1, 0.15) is 11.1 Å². The molecule has 0 radical (unpaired) electrons. The van der Waals surface area contributed by atoms with Crippen molar-refractivity contribution in [3.63, 3.8) is 0 Å². The van der Waals surface area contributed by atoms with Gasteiger partial charge in [-0.15, -0.1) is 5.10 Å². The first kappa shape index (κ1) is 31.5. The van der Waals surface area contributed by atoms with Gasteiger partial charge in [-0.25, -0.2) is 8.42 Å². The fourth-order valence-electron chi connectivity index (χ4n) is 4.06. The van der Waals surface area contributed by atoms with Crippen molar-refractivity contribution in [2.24, 2.45) is 0 Å². The highest BCUT2D eigenvalue weighted by Gasteiger charge is 2.25. The van der Waals surface area contributed by atoms with Crippen LogP contribution in [0.25, 0.3) is 11.4 Å². The van der Waals surface area contributed by atoms with E-state index in [9.17, 15) is 28.6 Å². The second-order valence-corrected chi connectivity index (χ2v) is 12.1. The molecular weight excluding hydrogens is 637 g/mol. The van der Waals surface area contributed by atoms with Gasteiger partial charge in [0.2, 0.25) is 15.0 Å². The highest BCUT2D eigenvalue weighted by molar-refractivity contribution is 7.98. The fourth-order valence-corrected chi connectivity index (χ4v) is 6.20. The van der Waals surface area contributed by atoms with Gasteiger partial charge in [0.05, 0.1) is 27.0 Å². The normalized spacial score (nSPS) is 11.0. The number of tetrazole rings is 2. The molecule has 4 aromatic carbocycles. The Hall–Kier alpha value is -5.88. The van der Waals surface area contributed by atoms with Gasteiger partial charge in [0.1, 0.15) is 0 Å². The van der Waals surface area contributed by atoms with Crippen LogP contribution in [0.15, 0.2) is 120 Å². The Kier molecular flexibility index (Phi) is 9.78. The second-order valence-electron chi connectivity index (χ2n) is 9.32. The van der Waals surface area contributed by atoms with Gasteiger partial charge in [0.15, 0.2) is 0 Å². The van der Waals surface area contributed by atoms with Crippen molar-refractivity contribution < 1.29 is 18.3 Å². The molecule has 0 amide bonds. The molecule has 0 unspecified atom stereocenters. The van der Waals surface area contributed by atoms with Crippen LogP contribution in [0.4, 0.5) is 11.4 Å². The lowest BCUT2D eigenvalue weighted by atomic mass is 10.2. The van der Waals surface area contributed by atoms with E-state index < -0.39 is 25.4 Å². The summed E-state index contributed by atoms with van der Waals surface area (Å²) in [6, 6.07) is 30.1. The summed E-state index contributed by atoms with van der Waals surface area (Å²) in [4.78, 5) is 20.6. The largest absolute Gasteiger partial charge is 0.272 e. The molecular formula is C28H22N10O6S2. The van der Waals surface area contributed by atoms with E-state index in [1.807, 2.05) is 36.4 Å². The Balaban J connectivity index is 0.000000182. The average Bonchev–Trinajstić information content (AvgIpc) is 3.76. The molecule has 0 spiro atoms. The number of aromatic nitrogens is 8. The summed E-state index contributed by atoms with van der Waals surface area (Å²) in [5, 5.41) is 44.3. The molecule has 0 N–H and O–H groups in total. The van der Waals surface area contributed by atoms with Crippen LogP contribution in [0.5, 0.6) is 0 Å². The molecule has 2 heterocycles. The molecule has 2 aromatic heterocycles. The first-order valence-corrected chi connectivity index (χ1v) is 15.8. The van der Waals surface area contributed by atoms with Crippen LogP contribution in [0, 0.1) is 20.2 Å². The van der Waals surface area contributed by atoms with Crippen molar-refractivity contribution in [3.05, 3.63) is 141 Å². The predicted molar refractivity (Wildman–Crippen MR) is 165 cm³/mol. The van der Waals surface area contributed by atoms with Gasteiger partial charge >= 0.3 is 0 Å². The minimum absolute atomic E-state index is 0.0840. The van der Waals surface area contributed by atoms with Gasteiger partial charge in [-0.05, 0) is 56.2 Å². The SMILES string of the molecule is O=[N+]([O-])c1cccc(CS(=O)(=O)c2nnnn2-c2ccccc2)c1.O=[N+]([O-])c1cccc(CSc2nnnn2-c2ccccc2)c1. The first-order valence-electron chi connectivity index (χ1n) is 13.2. The molecule has 6 aromatic rings. The summed E-state index contributed by atoms with van der Waals surface area (Å²) in [7, 11) is -3.89. The molecule has 18 heteroatoms. The van der Waals surface area contributed by atoms with E-state index in [2.05, 4.69) is 31.1 Å². The molecule has 0 atom stereocenters. The summed E-state index contributed by atoms with van der Waals surface area (Å²) in [6.07, 6.45) is 0. The van der Waals surface area contributed by atoms with Gasteiger partial charge in [0, 0.05) is 30.0 Å². The number of thioether (sulfide) groups is 1. The maximum Gasteiger partial charge on any atom is 0.272 e. The van der Waals surface area contributed by atoms with E-state index in [0.717, 1.165) is 15.9 Å². The lowest BCUT2D eigenvalue weighted by Crippen LogP contribution is -2.13. The lowest BCUT2D eigenvalue weighted by molar-refractivity contribution is -0.385. The number of hydrogen-bond acceptors (Lipinski definition) is 13. The number of nitro benzene ring substituents is 2. The quantitative estimate of drug-likeness (QED) is 0.114. The van der Waals surface area contributed by atoms with Crippen molar-refractivity contribution in [2.45, 2.75) is 21.8 Å². The number of hydrogen-bond donors (Lipinski definition) is 0. The molecule has 232 valence electrons. The maximum absolute atomic E-state index is 12.6. The number of sulfone groups is 1. The van der Waals surface area contributed by atoms with Crippen LogP contribution in [-0.4, -0.2) is 58.7 Å². The number of non-ortho nitro benzene ring substituents is 2. The molecule has 0 saturated carbocycles. The summed E-state index contributed by atoms with van der Waals surface area (Å²) in [6.45, 7) is 0. The zero-order chi connectivity index (χ0) is 32.5. The van der Waals surface area contributed by atoms with Gasteiger partial charge in [-0.1, -0.05) is 77.5 Å². The number of nitro groups is 2. The van der Waals surface area contributed by atoms with E-state index in [4.69, 9.17) is 0 Å². The molecule has 0 aliphatic carbocycles. The van der Waals surface area contributed by atoms with Crippen LogP contribution >= 0.6 is 11.8 Å². The summed E-state index contributed by atoms with van der Waals surface area (Å²) in [5.41, 5.74) is 2.41. The van der Waals surface area contributed by atoms with Crippen LogP contribution in [0.3, 0.4) is 0 Å². The van der Waals surface area contributed by atoms with Gasteiger partial charge < -0.3 is 0 Å². The highest BCUT2D eigenvalue weighted by Crippen LogP contribution is 2.24. The Morgan fingerprint density at radius 3 is 1.78 bits per heavy atom. The topological polar surface area (TPSA) is 208 Å². The van der Waals surface area contributed by atoms with E-state index in [0.29, 0.717) is 16.6 Å². The van der Waals surface area contributed by atoms with Gasteiger partial charge in [-0.3, -0.25) is 20.2 Å². The molecule has 0 fully saturated rings. The fraction of sp³-hybridized carbons (Fsp3) is 0.0714. The highest BCUT2D eigenvalue weighted by atomic mass is 32.2. The molecule has 0 aliphatic rings. The van der Waals surface area contributed by atoms with E-state index in [1.165, 1.54) is 42.1 Å². The van der Waals surface area contributed by atoms with E-state index in [-0.39, 0.29) is 22.1 Å². The van der Waals surface area contributed by atoms with Crippen molar-refractivity contribution in [1.29, 1.82) is 0 Å². The smallest absolute Gasteiger partial charge is 0.258 e. The van der Waals surface area contributed by atoms with Crippen LogP contribution in [0.2, 0.25) is 0 Å². The number of para-hydroxylation sites is 2. The second kappa shape index (κ2) is 14.3. The number of rotatable bonds is 10. The summed E-state index contributed by atoms with van der Waals surface area (Å²) < 4.78 is 28.0. The number of nitrogens with zero attached hydrogens (tertiary/aromatic N) is 10. The zero-order valence-corrected chi connectivity index (χ0v) is 25.2. The molecule has 46 heavy (non-hydrogen) atoms. The standard InChI is InChI=1S/C14H11N5O4S.C14H11N5O2S/c20-19(21)13-8-4-5-11(9-13)10-24(22,23)14-15-16-17-18(14)12-6-2-1-3-7-12;20-19(21)13-8-4-5-11(9-13)10-22-14-15-16-17-18(14)12-6-2-1-3-7-12/h1-9H,10H2;1-9H,10H2. The third-order valence-corrected chi connectivity index (χ3v) is 8.64. The molecule has 6 rings (SSSR count). The Morgan fingerprint density at radius 1 is 0.652 bits per heavy atom. The Bertz CT molecular complexity index is 2070. The van der Waals surface area contributed by atoms with Crippen molar-refractivity contribution >= 4 is 33.0 Å². The van der Waals surface area contributed by atoms with Crippen molar-refractivity contribution in [1.82, 2.24) is 40.4 Å².